The molecule has 15 heavy (non-hydrogen) atoms. The number of benzene rings is 1. The van der Waals surface area contributed by atoms with Gasteiger partial charge in [-0.15, -0.1) is 0 Å². The van der Waals surface area contributed by atoms with Crippen molar-refractivity contribution in [3.05, 3.63) is 52.7 Å². The lowest BCUT2D eigenvalue weighted by molar-refractivity contribution is 0.282. The summed E-state index contributed by atoms with van der Waals surface area (Å²) in [6.45, 7) is -0.0324. The Morgan fingerprint density at radius 1 is 1.33 bits per heavy atom. The van der Waals surface area contributed by atoms with E-state index in [4.69, 9.17) is 5.11 Å². The lowest BCUT2D eigenvalue weighted by Crippen LogP contribution is -2.08. The van der Waals surface area contributed by atoms with Gasteiger partial charge in [-0.1, -0.05) is 24.3 Å². The standard InChI is InChI=1S/C11H10N2O2/c14-7-8-3-1-2-4-10(8)9-5-12-11(15)13-6-9/h1-6,14H,7H2,(H,12,13,15). The average molecular weight is 202 g/mol. The Morgan fingerprint density at radius 3 is 2.80 bits per heavy atom. The third-order valence-electron chi connectivity index (χ3n) is 2.17. The number of H-pyrrole nitrogens is 1. The number of aliphatic hydroxyl groups excluding tert-OH is 1. The van der Waals surface area contributed by atoms with Gasteiger partial charge in [-0.2, -0.15) is 0 Å². The first kappa shape index (κ1) is 9.61. The summed E-state index contributed by atoms with van der Waals surface area (Å²) in [4.78, 5) is 16.9. The maximum atomic E-state index is 10.8. The first-order chi connectivity index (χ1) is 7.31. The zero-order chi connectivity index (χ0) is 10.7. The molecular formula is C11H10N2O2. The summed E-state index contributed by atoms with van der Waals surface area (Å²) in [6, 6.07) is 7.44. The van der Waals surface area contributed by atoms with Crippen molar-refractivity contribution in [2.24, 2.45) is 0 Å². The highest BCUT2D eigenvalue weighted by atomic mass is 16.3. The molecule has 0 saturated carbocycles. The van der Waals surface area contributed by atoms with E-state index in [9.17, 15) is 4.79 Å². The molecule has 0 bridgehead atoms. The van der Waals surface area contributed by atoms with Crippen LogP contribution < -0.4 is 5.69 Å². The van der Waals surface area contributed by atoms with Crippen LogP contribution in [0.15, 0.2) is 41.5 Å². The van der Waals surface area contributed by atoms with Crippen molar-refractivity contribution in [1.29, 1.82) is 0 Å². The summed E-state index contributed by atoms with van der Waals surface area (Å²) in [6.07, 6.45) is 3.08. The van der Waals surface area contributed by atoms with E-state index in [1.165, 1.54) is 6.20 Å². The maximum Gasteiger partial charge on any atom is 0.344 e. The lowest BCUT2D eigenvalue weighted by atomic mass is 10.0. The number of aliphatic hydroxyl groups is 1. The topological polar surface area (TPSA) is 66.0 Å². The minimum Gasteiger partial charge on any atom is -0.392 e. The van der Waals surface area contributed by atoms with Crippen LogP contribution in [-0.4, -0.2) is 15.1 Å². The zero-order valence-electron chi connectivity index (χ0n) is 7.97. The lowest BCUT2D eigenvalue weighted by Gasteiger charge is -2.05. The molecule has 76 valence electrons. The Bertz CT molecular complexity index is 499. The molecule has 4 nitrogen and oxygen atoms in total. The van der Waals surface area contributed by atoms with Gasteiger partial charge < -0.3 is 10.1 Å². The highest BCUT2D eigenvalue weighted by Gasteiger charge is 2.03. The first-order valence-corrected chi connectivity index (χ1v) is 4.55. The summed E-state index contributed by atoms with van der Waals surface area (Å²) in [7, 11) is 0. The van der Waals surface area contributed by atoms with E-state index in [0.717, 1.165) is 16.7 Å². The third-order valence-corrected chi connectivity index (χ3v) is 2.17. The zero-order valence-corrected chi connectivity index (χ0v) is 7.97. The first-order valence-electron chi connectivity index (χ1n) is 4.55. The Hall–Kier alpha value is -1.94. The quantitative estimate of drug-likeness (QED) is 0.761. The van der Waals surface area contributed by atoms with Crippen molar-refractivity contribution in [3.63, 3.8) is 0 Å². The van der Waals surface area contributed by atoms with Crippen LogP contribution >= 0.6 is 0 Å². The Kier molecular flexibility index (Phi) is 2.60. The normalized spacial score (nSPS) is 10.2. The number of hydrogen-bond donors (Lipinski definition) is 2. The molecular weight excluding hydrogens is 192 g/mol. The molecule has 0 aliphatic carbocycles. The number of nitrogens with one attached hydrogen (secondary N) is 1. The molecule has 0 aliphatic heterocycles. The van der Waals surface area contributed by atoms with E-state index in [1.54, 1.807) is 6.20 Å². The fourth-order valence-electron chi connectivity index (χ4n) is 1.43. The van der Waals surface area contributed by atoms with Gasteiger partial charge >= 0.3 is 5.69 Å². The van der Waals surface area contributed by atoms with Crippen molar-refractivity contribution >= 4 is 0 Å². The summed E-state index contributed by atoms with van der Waals surface area (Å²) in [5, 5.41) is 9.14. The van der Waals surface area contributed by atoms with Crippen LogP contribution in [0.5, 0.6) is 0 Å². The molecule has 4 heteroatoms. The van der Waals surface area contributed by atoms with Gasteiger partial charge in [0.15, 0.2) is 0 Å². The molecule has 1 heterocycles. The molecule has 0 amide bonds. The van der Waals surface area contributed by atoms with Crippen LogP contribution in [0.1, 0.15) is 5.56 Å². The van der Waals surface area contributed by atoms with Crippen molar-refractivity contribution in [2.75, 3.05) is 0 Å². The van der Waals surface area contributed by atoms with Crippen LogP contribution in [0.2, 0.25) is 0 Å². The van der Waals surface area contributed by atoms with Gasteiger partial charge in [-0.05, 0) is 11.1 Å². The van der Waals surface area contributed by atoms with Crippen molar-refractivity contribution in [3.8, 4) is 11.1 Å². The molecule has 0 spiro atoms. The Labute approximate surface area is 86.2 Å². The number of hydrogen-bond acceptors (Lipinski definition) is 3. The van der Waals surface area contributed by atoms with E-state index in [0.29, 0.717) is 0 Å². The Morgan fingerprint density at radius 2 is 2.13 bits per heavy atom. The van der Waals surface area contributed by atoms with Gasteiger partial charge in [-0.25, -0.2) is 9.78 Å². The SMILES string of the molecule is O=c1ncc(-c2ccccc2CO)c[nH]1. The maximum absolute atomic E-state index is 10.8. The third kappa shape index (κ3) is 1.94. The molecule has 0 aliphatic rings. The van der Waals surface area contributed by atoms with Gasteiger partial charge in [0.1, 0.15) is 0 Å². The van der Waals surface area contributed by atoms with Crippen molar-refractivity contribution in [1.82, 2.24) is 9.97 Å². The highest BCUT2D eigenvalue weighted by molar-refractivity contribution is 5.65. The fourth-order valence-corrected chi connectivity index (χ4v) is 1.43. The van der Waals surface area contributed by atoms with E-state index in [1.807, 2.05) is 24.3 Å². The van der Waals surface area contributed by atoms with E-state index in [-0.39, 0.29) is 12.3 Å². The van der Waals surface area contributed by atoms with Crippen LogP contribution in [0, 0.1) is 0 Å². The minimum atomic E-state index is -0.375. The summed E-state index contributed by atoms with van der Waals surface area (Å²) in [5.74, 6) is 0. The molecule has 2 aromatic rings. The van der Waals surface area contributed by atoms with E-state index >= 15 is 0 Å². The molecule has 0 saturated heterocycles. The van der Waals surface area contributed by atoms with Crippen molar-refractivity contribution in [2.45, 2.75) is 6.61 Å². The predicted molar refractivity (Wildman–Crippen MR) is 56.2 cm³/mol. The second-order valence-corrected chi connectivity index (χ2v) is 3.12. The Balaban J connectivity index is 2.53. The highest BCUT2D eigenvalue weighted by Crippen LogP contribution is 2.21. The number of aromatic nitrogens is 2. The van der Waals surface area contributed by atoms with Crippen LogP contribution in [-0.2, 0) is 6.61 Å². The largest absolute Gasteiger partial charge is 0.392 e. The molecule has 1 aromatic carbocycles. The number of aromatic amines is 1. The van der Waals surface area contributed by atoms with Gasteiger partial charge in [0.2, 0.25) is 0 Å². The van der Waals surface area contributed by atoms with E-state index in [2.05, 4.69) is 9.97 Å². The monoisotopic (exact) mass is 202 g/mol. The molecule has 2 rings (SSSR count). The van der Waals surface area contributed by atoms with Gasteiger partial charge in [-0.3, -0.25) is 0 Å². The van der Waals surface area contributed by atoms with Crippen LogP contribution in [0.25, 0.3) is 11.1 Å². The second-order valence-electron chi connectivity index (χ2n) is 3.12. The van der Waals surface area contributed by atoms with Gasteiger partial charge in [0.25, 0.3) is 0 Å². The smallest absolute Gasteiger partial charge is 0.344 e. The summed E-state index contributed by atoms with van der Waals surface area (Å²) >= 11 is 0. The average Bonchev–Trinajstić information content (AvgIpc) is 2.30. The van der Waals surface area contributed by atoms with Gasteiger partial charge in [0.05, 0.1) is 6.61 Å². The molecule has 2 N–H and O–H groups in total. The molecule has 0 radical (unpaired) electrons. The number of rotatable bonds is 2. The second kappa shape index (κ2) is 4.06. The molecule has 0 unspecified atom stereocenters. The van der Waals surface area contributed by atoms with Crippen molar-refractivity contribution < 1.29 is 5.11 Å². The van der Waals surface area contributed by atoms with Gasteiger partial charge in [0, 0.05) is 18.0 Å². The predicted octanol–water partition coefficient (Wildman–Crippen LogP) is 0.929. The molecule has 0 atom stereocenters. The summed E-state index contributed by atoms with van der Waals surface area (Å²) in [5.41, 5.74) is 2.11. The van der Waals surface area contributed by atoms with Crippen LogP contribution in [0.3, 0.4) is 0 Å². The minimum absolute atomic E-state index is 0.0324. The fraction of sp³-hybridized carbons (Fsp3) is 0.0909. The van der Waals surface area contributed by atoms with E-state index < -0.39 is 0 Å². The molecule has 1 aromatic heterocycles. The summed E-state index contributed by atoms with van der Waals surface area (Å²) < 4.78 is 0. The molecule has 0 fully saturated rings. The van der Waals surface area contributed by atoms with Crippen LogP contribution in [0.4, 0.5) is 0 Å². The number of nitrogens with zero attached hydrogens (tertiary/aromatic N) is 1.